The second-order valence-corrected chi connectivity index (χ2v) is 12.7. The van der Waals surface area contributed by atoms with Crippen LogP contribution in [0.5, 0.6) is 0 Å². The van der Waals surface area contributed by atoms with Crippen molar-refractivity contribution in [3.05, 3.63) is 155 Å². The first-order chi connectivity index (χ1) is 21.8. The van der Waals surface area contributed by atoms with Crippen LogP contribution in [-0.4, -0.2) is 40.9 Å². The summed E-state index contributed by atoms with van der Waals surface area (Å²) in [6, 6.07) is 33.2. The van der Waals surface area contributed by atoms with Gasteiger partial charge in [0.2, 0.25) is 0 Å². The fourth-order valence-electron chi connectivity index (χ4n) is 5.51. The zero-order valence-corrected chi connectivity index (χ0v) is 27.0. The van der Waals surface area contributed by atoms with Gasteiger partial charge in [-0.1, -0.05) is 78.9 Å². The maximum atomic E-state index is 12.6. The van der Waals surface area contributed by atoms with Crippen LogP contribution < -0.4 is 4.90 Å². The number of allylic oxidation sites excluding steroid dienone is 5. The first kappa shape index (κ1) is 32.2. The highest BCUT2D eigenvalue weighted by atomic mass is 32.2. The summed E-state index contributed by atoms with van der Waals surface area (Å²) >= 11 is 0.432. The molecule has 0 fully saturated rings. The molecular formula is C37H37N2O4S2+. The van der Waals surface area contributed by atoms with E-state index in [2.05, 4.69) is 47.6 Å². The molecule has 1 aliphatic rings. The Bertz CT molecular complexity index is 1840. The van der Waals surface area contributed by atoms with Crippen LogP contribution in [0.3, 0.4) is 0 Å². The number of hydrogen-bond donors (Lipinski definition) is 2. The summed E-state index contributed by atoms with van der Waals surface area (Å²) in [6.07, 6.45) is 8.06. The Hall–Kier alpha value is -4.21. The average molecular weight is 638 g/mol. The molecule has 0 saturated carbocycles. The first-order valence-corrected chi connectivity index (χ1v) is 17.1. The van der Waals surface area contributed by atoms with Gasteiger partial charge in [0.1, 0.15) is 11.4 Å². The molecule has 45 heavy (non-hydrogen) atoms. The van der Waals surface area contributed by atoms with Crippen molar-refractivity contribution in [2.45, 2.75) is 36.7 Å². The Kier molecular flexibility index (Phi) is 10.5. The molecule has 8 heteroatoms. The summed E-state index contributed by atoms with van der Waals surface area (Å²) in [7, 11) is -4.61. The third kappa shape index (κ3) is 7.90. The highest BCUT2D eigenvalue weighted by Crippen LogP contribution is 2.36. The van der Waals surface area contributed by atoms with Gasteiger partial charge in [0.15, 0.2) is 12.3 Å². The normalized spacial score (nSPS) is 12.8. The minimum Gasteiger partial charge on any atom is -0.367 e. The van der Waals surface area contributed by atoms with Crippen molar-refractivity contribution in [2.24, 2.45) is 0 Å². The Morgan fingerprint density at radius 1 is 0.800 bits per heavy atom. The van der Waals surface area contributed by atoms with Gasteiger partial charge in [0.25, 0.3) is 10.1 Å². The number of benzene rings is 4. The summed E-state index contributed by atoms with van der Waals surface area (Å²) in [5.74, 6) is 0. The van der Waals surface area contributed by atoms with Crippen LogP contribution >= 0.6 is 12.0 Å². The van der Waals surface area contributed by atoms with Gasteiger partial charge in [-0.3, -0.25) is 4.55 Å². The number of nitrogens with zero attached hydrogens (tertiary/aromatic N) is 2. The lowest BCUT2D eigenvalue weighted by molar-refractivity contribution is -0.539. The molecule has 0 amide bonds. The molecule has 0 atom stereocenters. The van der Waals surface area contributed by atoms with Crippen LogP contribution in [0.25, 0.3) is 5.57 Å². The third-order valence-corrected chi connectivity index (χ3v) is 9.20. The van der Waals surface area contributed by atoms with E-state index in [9.17, 15) is 17.5 Å². The average Bonchev–Trinajstić information content (AvgIpc) is 3.07. The summed E-state index contributed by atoms with van der Waals surface area (Å²) in [4.78, 5) is 2.33. The van der Waals surface area contributed by atoms with Gasteiger partial charge in [-0.2, -0.15) is 8.42 Å². The largest absolute Gasteiger partial charge is 0.367 e. The van der Waals surface area contributed by atoms with E-state index in [1.165, 1.54) is 17.2 Å². The first-order valence-electron chi connectivity index (χ1n) is 14.9. The van der Waals surface area contributed by atoms with Crippen molar-refractivity contribution in [1.29, 1.82) is 0 Å². The van der Waals surface area contributed by atoms with Crippen LogP contribution in [0, 0.1) is 0 Å². The minimum atomic E-state index is -4.61. The van der Waals surface area contributed by atoms with Gasteiger partial charge in [0, 0.05) is 59.0 Å². The molecular weight excluding hydrogens is 601 g/mol. The van der Waals surface area contributed by atoms with E-state index >= 15 is 0 Å². The second-order valence-electron chi connectivity index (χ2n) is 10.7. The molecule has 0 aromatic heterocycles. The van der Waals surface area contributed by atoms with Crippen LogP contribution in [0.1, 0.15) is 36.1 Å². The topological polar surface area (TPSA) is 80.8 Å². The standard InChI is InChI=1S/C37H36N2O4S2/c1-3-38(26-28-11-7-5-8-12-28)32-19-15-30(16-20-32)37(35-24-23-34(44-40)25-36(35)45(41,42)43)31-17-21-33(22-18-31)39(4-2)27-29-13-9-6-10-14-29/h5-25H,3-4,26-27H2,1-2H3,(H-,40,41,42,43)/p+1. The van der Waals surface area contributed by atoms with Gasteiger partial charge in [-0.05, 0) is 72.5 Å². The van der Waals surface area contributed by atoms with Crippen LogP contribution in [0.2, 0.25) is 0 Å². The van der Waals surface area contributed by atoms with Gasteiger partial charge in [0.05, 0.1) is 0 Å². The molecule has 0 radical (unpaired) electrons. The lowest BCUT2D eigenvalue weighted by Gasteiger charge is -2.24. The Morgan fingerprint density at radius 2 is 1.42 bits per heavy atom. The maximum absolute atomic E-state index is 12.6. The summed E-state index contributed by atoms with van der Waals surface area (Å²) in [5.41, 5.74) is 7.12. The minimum absolute atomic E-state index is 0.261. The zero-order chi connectivity index (χ0) is 31.8. The fraction of sp³-hybridized carbons (Fsp3) is 0.162. The van der Waals surface area contributed by atoms with Crippen molar-refractivity contribution in [3.8, 4) is 0 Å². The van der Waals surface area contributed by atoms with E-state index in [-0.39, 0.29) is 4.90 Å². The zero-order valence-electron chi connectivity index (χ0n) is 25.4. The lowest BCUT2D eigenvalue weighted by atomic mass is 9.90. The molecule has 0 unspecified atom stereocenters. The Balaban J connectivity index is 1.59. The molecule has 6 nitrogen and oxygen atoms in total. The Labute approximate surface area is 270 Å². The molecule has 230 valence electrons. The molecule has 4 aromatic carbocycles. The quantitative estimate of drug-likeness (QED) is 0.0982. The van der Waals surface area contributed by atoms with E-state index in [4.69, 9.17) is 0 Å². The maximum Gasteiger partial charge on any atom is 0.295 e. The molecule has 0 heterocycles. The van der Waals surface area contributed by atoms with Gasteiger partial charge in [-0.25, -0.2) is 4.58 Å². The van der Waals surface area contributed by atoms with E-state index in [1.54, 1.807) is 12.1 Å². The van der Waals surface area contributed by atoms with Gasteiger partial charge < -0.3 is 9.45 Å². The van der Waals surface area contributed by atoms with Crippen molar-refractivity contribution in [1.82, 2.24) is 0 Å². The number of rotatable bonds is 11. The molecule has 5 rings (SSSR count). The summed E-state index contributed by atoms with van der Waals surface area (Å²) in [5, 5.41) is 0. The van der Waals surface area contributed by atoms with Crippen LogP contribution in [-0.2, 0) is 23.2 Å². The molecule has 4 aromatic rings. The molecule has 0 spiro atoms. The van der Waals surface area contributed by atoms with Crippen molar-refractivity contribution < 1.29 is 22.1 Å². The van der Waals surface area contributed by atoms with Gasteiger partial charge in [-0.15, -0.1) is 0 Å². The highest BCUT2D eigenvalue weighted by molar-refractivity contribution is 7.93. The van der Waals surface area contributed by atoms with Gasteiger partial charge >= 0.3 is 0 Å². The van der Waals surface area contributed by atoms with Crippen molar-refractivity contribution >= 4 is 39.1 Å². The molecule has 0 bridgehead atoms. The number of hydrogen-bond acceptors (Lipinski definition) is 5. The Morgan fingerprint density at radius 3 is 1.98 bits per heavy atom. The van der Waals surface area contributed by atoms with Crippen molar-refractivity contribution in [2.75, 3.05) is 18.0 Å². The summed E-state index contributed by atoms with van der Waals surface area (Å²) in [6.45, 7) is 7.39. The summed E-state index contributed by atoms with van der Waals surface area (Å²) < 4.78 is 47.5. The van der Waals surface area contributed by atoms with E-state index in [0.717, 1.165) is 48.7 Å². The van der Waals surface area contributed by atoms with E-state index in [1.807, 2.05) is 85.0 Å². The molecule has 0 aliphatic heterocycles. The smallest absolute Gasteiger partial charge is 0.295 e. The molecule has 2 N–H and O–H groups in total. The SMILES string of the molecule is CCN(Cc1ccccc1)c1ccc(C(=C2C=CC(=[N+](CC)Cc3ccccc3)C=C2)c2ccc(SO)cc2S(=O)(=O)O)cc1. The van der Waals surface area contributed by atoms with Crippen molar-refractivity contribution in [3.63, 3.8) is 0 Å². The van der Waals surface area contributed by atoms with Crippen LogP contribution in [0.4, 0.5) is 5.69 Å². The van der Waals surface area contributed by atoms with E-state index < -0.39 is 10.1 Å². The predicted molar refractivity (Wildman–Crippen MR) is 185 cm³/mol. The highest BCUT2D eigenvalue weighted by Gasteiger charge is 2.23. The second kappa shape index (κ2) is 14.7. The molecule has 1 aliphatic carbocycles. The predicted octanol–water partition coefficient (Wildman–Crippen LogP) is 8.13. The molecule has 0 saturated heterocycles. The number of anilines is 1. The van der Waals surface area contributed by atoms with Crippen LogP contribution in [0.15, 0.2) is 143 Å². The van der Waals surface area contributed by atoms with E-state index in [0.29, 0.717) is 28.1 Å². The third-order valence-electron chi connectivity index (χ3n) is 7.84. The lowest BCUT2D eigenvalue weighted by Crippen LogP contribution is -2.21. The fourth-order valence-corrected chi connectivity index (χ4v) is 6.61. The monoisotopic (exact) mass is 637 g/mol.